The number of ether oxygens (including phenoxy) is 1. The van der Waals surface area contributed by atoms with E-state index in [4.69, 9.17) is 4.74 Å². The lowest BCUT2D eigenvalue weighted by atomic mass is 9.87. The summed E-state index contributed by atoms with van der Waals surface area (Å²) >= 11 is 3.54. The Labute approximate surface area is 241 Å². The first-order valence-electron chi connectivity index (χ1n) is 13.8. The number of halogens is 1. The van der Waals surface area contributed by atoms with Crippen LogP contribution in [0, 0.1) is 0 Å². The van der Waals surface area contributed by atoms with Gasteiger partial charge in [0.2, 0.25) is 5.91 Å². The Kier molecular flexibility index (Phi) is 9.84. The van der Waals surface area contributed by atoms with Crippen molar-refractivity contribution < 1.29 is 14.3 Å². The molecular weight excluding hydrogens is 552 g/mol. The zero-order valence-electron chi connectivity index (χ0n) is 23.2. The van der Waals surface area contributed by atoms with Gasteiger partial charge in [0.15, 0.2) is 6.61 Å². The molecule has 1 aliphatic carbocycles. The van der Waals surface area contributed by atoms with Gasteiger partial charge in [-0.2, -0.15) is 0 Å². The van der Waals surface area contributed by atoms with Crippen molar-refractivity contribution in [3.8, 4) is 5.75 Å². The van der Waals surface area contributed by atoms with Crippen LogP contribution in [0.25, 0.3) is 0 Å². The predicted octanol–water partition coefficient (Wildman–Crippen LogP) is 6.82. The molecule has 2 amide bonds. The lowest BCUT2D eigenvalue weighted by molar-refractivity contribution is -0.143. The van der Waals surface area contributed by atoms with Crippen LogP contribution >= 0.6 is 15.9 Å². The maximum Gasteiger partial charge on any atom is 0.261 e. The number of benzene rings is 3. The minimum Gasteiger partial charge on any atom is -0.484 e. The average Bonchev–Trinajstić information content (AvgIpc) is 3.42. The molecule has 6 heteroatoms. The highest BCUT2D eigenvalue weighted by Crippen LogP contribution is 2.25. The molecule has 0 aromatic heterocycles. The van der Waals surface area contributed by atoms with E-state index in [0.29, 0.717) is 18.7 Å². The van der Waals surface area contributed by atoms with Crippen molar-refractivity contribution in [2.45, 2.75) is 76.9 Å². The third kappa shape index (κ3) is 8.43. The molecule has 1 aliphatic rings. The molecule has 0 aliphatic heterocycles. The second kappa shape index (κ2) is 13.3. The molecule has 1 fully saturated rings. The summed E-state index contributed by atoms with van der Waals surface area (Å²) in [6.07, 6.45) is 4.64. The largest absolute Gasteiger partial charge is 0.484 e. The van der Waals surface area contributed by atoms with Gasteiger partial charge in [0.25, 0.3) is 5.91 Å². The van der Waals surface area contributed by atoms with Gasteiger partial charge in [-0.1, -0.05) is 104 Å². The van der Waals surface area contributed by atoms with Crippen molar-refractivity contribution in [2.24, 2.45) is 0 Å². The van der Waals surface area contributed by atoms with Crippen LogP contribution in [0.4, 0.5) is 0 Å². The number of carbonyl (C=O) groups excluding carboxylic acids is 2. The standard InChI is InChI=1S/C33H39BrN2O3/c1-33(2,3)26-16-18-29(19-17-26)39-23-31(37)36(22-25-12-9-13-27(34)20-25)30(21-24-10-5-4-6-11-24)32(38)35-28-14-7-8-15-28/h4-6,9-13,16-20,28,30H,7-8,14-15,21-23H2,1-3H3,(H,35,38)/t30-/m0/s1. The molecule has 0 heterocycles. The Morgan fingerprint density at radius 3 is 2.26 bits per heavy atom. The van der Waals surface area contributed by atoms with Crippen LogP contribution in [-0.2, 0) is 28.0 Å². The van der Waals surface area contributed by atoms with Gasteiger partial charge in [-0.05, 0) is 59.2 Å². The number of rotatable bonds is 10. The normalized spacial score (nSPS) is 14.6. The molecule has 4 rings (SSSR count). The molecule has 1 N–H and O–H groups in total. The molecule has 0 unspecified atom stereocenters. The van der Waals surface area contributed by atoms with Crippen molar-refractivity contribution in [3.63, 3.8) is 0 Å². The molecule has 0 bridgehead atoms. The van der Waals surface area contributed by atoms with Gasteiger partial charge in [-0.25, -0.2) is 0 Å². The molecule has 3 aromatic rings. The fourth-order valence-electron chi connectivity index (χ4n) is 5.03. The first-order valence-corrected chi connectivity index (χ1v) is 14.6. The maximum atomic E-state index is 13.8. The van der Waals surface area contributed by atoms with Crippen LogP contribution in [0.3, 0.4) is 0 Å². The van der Waals surface area contributed by atoms with Crippen molar-refractivity contribution in [2.75, 3.05) is 6.61 Å². The number of amides is 2. The van der Waals surface area contributed by atoms with Gasteiger partial charge in [0.05, 0.1) is 0 Å². The summed E-state index contributed by atoms with van der Waals surface area (Å²) in [5.74, 6) is 0.301. The highest BCUT2D eigenvalue weighted by atomic mass is 79.9. The van der Waals surface area contributed by atoms with E-state index in [0.717, 1.165) is 41.3 Å². The Morgan fingerprint density at radius 2 is 1.62 bits per heavy atom. The van der Waals surface area contributed by atoms with E-state index >= 15 is 0 Å². The summed E-state index contributed by atoms with van der Waals surface area (Å²) in [5.41, 5.74) is 3.18. The number of carbonyl (C=O) groups is 2. The van der Waals surface area contributed by atoms with Crippen LogP contribution in [0.5, 0.6) is 5.75 Å². The quantitative estimate of drug-likeness (QED) is 0.282. The van der Waals surface area contributed by atoms with Crippen LogP contribution in [0.2, 0.25) is 0 Å². The van der Waals surface area contributed by atoms with E-state index in [-0.39, 0.29) is 29.9 Å². The molecule has 0 spiro atoms. The monoisotopic (exact) mass is 590 g/mol. The maximum absolute atomic E-state index is 13.8. The lowest BCUT2D eigenvalue weighted by Crippen LogP contribution is -2.53. The Bertz CT molecular complexity index is 1230. The van der Waals surface area contributed by atoms with Gasteiger partial charge in [0, 0.05) is 23.5 Å². The molecule has 3 aromatic carbocycles. The summed E-state index contributed by atoms with van der Waals surface area (Å²) in [6, 6.07) is 25.1. The zero-order valence-corrected chi connectivity index (χ0v) is 24.7. The Morgan fingerprint density at radius 1 is 0.949 bits per heavy atom. The molecule has 0 saturated heterocycles. The fourth-order valence-corrected chi connectivity index (χ4v) is 5.48. The number of hydrogen-bond acceptors (Lipinski definition) is 3. The van der Waals surface area contributed by atoms with Gasteiger partial charge in [-0.3, -0.25) is 9.59 Å². The Balaban J connectivity index is 1.58. The van der Waals surface area contributed by atoms with Gasteiger partial charge in [0.1, 0.15) is 11.8 Å². The van der Waals surface area contributed by atoms with Gasteiger partial charge >= 0.3 is 0 Å². The third-order valence-electron chi connectivity index (χ3n) is 7.30. The second-order valence-electron chi connectivity index (χ2n) is 11.4. The summed E-state index contributed by atoms with van der Waals surface area (Å²) < 4.78 is 6.89. The van der Waals surface area contributed by atoms with E-state index in [2.05, 4.69) is 42.0 Å². The topological polar surface area (TPSA) is 58.6 Å². The number of nitrogens with zero attached hydrogens (tertiary/aromatic N) is 1. The highest BCUT2D eigenvalue weighted by Gasteiger charge is 2.32. The van der Waals surface area contributed by atoms with E-state index in [9.17, 15) is 9.59 Å². The number of hydrogen-bond donors (Lipinski definition) is 1. The van der Waals surface area contributed by atoms with Crippen molar-refractivity contribution in [3.05, 3.63) is 100 Å². The predicted molar refractivity (Wildman–Crippen MR) is 160 cm³/mol. The number of nitrogens with one attached hydrogen (secondary N) is 1. The van der Waals surface area contributed by atoms with Gasteiger partial charge in [-0.15, -0.1) is 0 Å². The lowest BCUT2D eigenvalue weighted by Gasteiger charge is -2.32. The summed E-state index contributed by atoms with van der Waals surface area (Å²) in [7, 11) is 0. The minimum atomic E-state index is -0.661. The van der Waals surface area contributed by atoms with Gasteiger partial charge < -0.3 is 15.0 Å². The molecule has 39 heavy (non-hydrogen) atoms. The fraction of sp³-hybridized carbons (Fsp3) is 0.394. The zero-order chi connectivity index (χ0) is 27.8. The van der Waals surface area contributed by atoms with Crippen LogP contribution in [0.1, 0.15) is 63.1 Å². The van der Waals surface area contributed by atoms with E-state index in [1.54, 1.807) is 4.90 Å². The van der Waals surface area contributed by atoms with Crippen LogP contribution in [-0.4, -0.2) is 35.4 Å². The average molecular weight is 592 g/mol. The molecular formula is C33H39BrN2O3. The van der Waals surface area contributed by atoms with E-state index in [1.807, 2.05) is 78.9 Å². The second-order valence-corrected chi connectivity index (χ2v) is 12.3. The van der Waals surface area contributed by atoms with E-state index in [1.165, 1.54) is 5.56 Å². The summed E-state index contributed by atoms with van der Waals surface area (Å²) in [6.45, 7) is 6.64. The smallest absolute Gasteiger partial charge is 0.261 e. The van der Waals surface area contributed by atoms with Crippen LogP contribution < -0.4 is 10.1 Å². The molecule has 1 saturated carbocycles. The summed E-state index contributed by atoms with van der Waals surface area (Å²) in [4.78, 5) is 29.3. The van der Waals surface area contributed by atoms with Crippen molar-refractivity contribution in [1.82, 2.24) is 10.2 Å². The molecule has 5 nitrogen and oxygen atoms in total. The summed E-state index contributed by atoms with van der Waals surface area (Å²) in [5, 5.41) is 3.24. The highest BCUT2D eigenvalue weighted by molar-refractivity contribution is 9.10. The minimum absolute atomic E-state index is 0.0342. The van der Waals surface area contributed by atoms with E-state index < -0.39 is 6.04 Å². The van der Waals surface area contributed by atoms with Crippen molar-refractivity contribution >= 4 is 27.7 Å². The first kappa shape index (κ1) is 28.9. The molecule has 0 radical (unpaired) electrons. The van der Waals surface area contributed by atoms with Crippen LogP contribution in [0.15, 0.2) is 83.3 Å². The first-order chi connectivity index (χ1) is 18.7. The van der Waals surface area contributed by atoms with Crippen molar-refractivity contribution in [1.29, 1.82) is 0 Å². The third-order valence-corrected chi connectivity index (χ3v) is 7.79. The Hall–Kier alpha value is -3.12. The SMILES string of the molecule is CC(C)(C)c1ccc(OCC(=O)N(Cc2cccc(Br)c2)[C@@H](Cc2ccccc2)C(=O)NC2CCCC2)cc1. The molecule has 206 valence electrons. The molecule has 1 atom stereocenters.